The third-order valence-electron chi connectivity index (χ3n) is 7.40. The molecule has 2 N–H and O–H groups in total. The molecular weight excluding hydrogens is 448 g/mol. The Labute approximate surface area is 213 Å². The first kappa shape index (κ1) is 24.3. The lowest BCUT2D eigenvalue weighted by Crippen LogP contribution is -2.44. The molecule has 0 saturated carbocycles. The van der Waals surface area contributed by atoms with Crippen LogP contribution in [0.15, 0.2) is 54.6 Å². The first-order valence-corrected chi connectivity index (χ1v) is 13.2. The number of aromatic nitrogens is 2. The number of hydrogen-bond donors (Lipinski definition) is 2. The molecule has 0 radical (unpaired) electrons. The molecule has 2 atom stereocenters. The van der Waals surface area contributed by atoms with E-state index >= 15 is 0 Å². The van der Waals surface area contributed by atoms with E-state index in [1.807, 2.05) is 25.1 Å². The number of aromatic amines is 1. The van der Waals surface area contributed by atoms with Gasteiger partial charge in [-0.1, -0.05) is 24.6 Å². The number of ether oxygens (including phenoxy) is 2. The van der Waals surface area contributed by atoms with Crippen molar-refractivity contribution in [3.63, 3.8) is 0 Å². The summed E-state index contributed by atoms with van der Waals surface area (Å²) in [7, 11) is 0. The van der Waals surface area contributed by atoms with Crippen LogP contribution in [0.4, 0.5) is 0 Å². The van der Waals surface area contributed by atoms with Gasteiger partial charge in [-0.3, -0.25) is 15.4 Å². The van der Waals surface area contributed by atoms with Crippen LogP contribution in [0, 0.1) is 5.41 Å². The maximum absolute atomic E-state index is 8.14. The van der Waals surface area contributed by atoms with Crippen LogP contribution in [-0.4, -0.2) is 52.8 Å². The van der Waals surface area contributed by atoms with E-state index in [-0.39, 0.29) is 5.90 Å². The fourth-order valence-electron chi connectivity index (χ4n) is 5.42. The molecule has 0 spiro atoms. The molecule has 1 aliphatic rings. The number of piperidine rings is 1. The van der Waals surface area contributed by atoms with Gasteiger partial charge >= 0.3 is 0 Å². The molecule has 188 valence electrons. The Morgan fingerprint density at radius 1 is 1.03 bits per heavy atom. The lowest BCUT2D eigenvalue weighted by molar-refractivity contribution is 0.0961. The highest BCUT2D eigenvalue weighted by Crippen LogP contribution is 2.31. The second-order valence-corrected chi connectivity index (χ2v) is 9.89. The van der Waals surface area contributed by atoms with Crippen LogP contribution in [0.3, 0.4) is 0 Å². The van der Waals surface area contributed by atoms with Crippen molar-refractivity contribution in [2.75, 3.05) is 19.8 Å². The second kappa shape index (κ2) is 10.7. The number of benzene rings is 3. The molecule has 6 nitrogen and oxygen atoms in total. The monoisotopic (exact) mass is 484 g/mol. The Balaban J connectivity index is 1.31. The quantitative estimate of drug-likeness (QED) is 0.164. The predicted molar refractivity (Wildman–Crippen MR) is 147 cm³/mol. The van der Waals surface area contributed by atoms with Crippen LogP contribution in [0.5, 0.6) is 5.75 Å². The lowest BCUT2D eigenvalue weighted by atomic mass is 9.97. The molecule has 0 unspecified atom stereocenters. The van der Waals surface area contributed by atoms with Gasteiger partial charge in [-0.15, -0.1) is 0 Å². The van der Waals surface area contributed by atoms with Crippen LogP contribution in [0.1, 0.15) is 52.0 Å². The van der Waals surface area contributed by atoms with Crippen molar-refractivity contribution in [3.05, 3.63) is 60.2 Å². The highest BCUT2D eigenvalue weighted by molar-refractivity contribution is 6.01. The van der Waals surface area contributed by atoms with Gasteiger partial charge in [-0.25, -0.2) is 0 Å². The number of hydrogen-bond acceptors (Lipinski definition) is 5. The molecule has 0 amide bonds. The van der Waals surface area contributed by atoms with Crippen LogP contribution in [0.2, 0.25) is 0 Å². The maximum Gasteiger partial charge on any atom is 0.213 e. The SMILES string of the molecule is CCOC(=N)c1ccc2[nH]nc(-c3ccc4ccc(OCCCN5[C@H](C)CCC[C@@H]5C)cc4c3)c2c1. The van der Waals surface area contributed by atoms with E-state index in [0.29, 0.717) is 18.7 Å². The van der Waals surface area contributed by atoms with Crippen molar-refractivity contribution in [2.45, 2.75) is 58.5 Å². The van der Waals surface area contributed by atoms with Gasteiger partial charge < -0.3 is 9.47 Å². The highest BCUT2D eigenvalue weighted by Gasteiger charge is 2.23. The molecule has 1 aromatic heterocycles. The van der Waals surface area contributed by atoms with Crippen molar-refractivity contribution >= 4 is 27.6 Å². The number of rotatable bonds is 8. The zero-order valence-electron chi connectivity index (χ0n) is 21.5. The Morgan fingerprint density at radius 3 is 2.64 bits per heavy atom. The van der Waals surface area contributed by atoms with E-state index in [0.717, 1.165) is 58.4 Å². The van der Waals surface area contributed by atoms with Crippen LogP contribution >= 0.6 is 0 Å². The predicted octanol–water partition coefficient (Wildman–Crippen LogP) is 6.78. The van der Waals surface area contributed by atoms with Gasteiger partial charge in [-0.2, -0.15) is 5.10 Å². The summed E-state index contributed by atoms with van der Waals surface area (Å²) in [5.74, 6) is 1.08. The standard InChI is InChI=1S/C30H36N4O2/c1-4-35-30(31)24-12-14-28-27(19-24)29(33-32-28)23-10-9-22-11-13-26(18-25(22)17-23)36-16-6-15-34-20(2)7-5-8-21(34)3/h9-14,17-21,31H,4-8,15-16H2,1-3H3,(H,32,33)/t20-,21+. The van der Waals surface area contributed by atoms with Crippen molar-refractivity contribution in [2.24, 2.45) is 0 Å². The second-order valence-electron chi connectivity index (χ2n) is 9.89. The van der Waals surface area contributed by atoms with Crippen LogP contribution < -0.4 is 4.74 Å². The minimum Gasteiger partial charge on any atom is -0.494 e. The molecule has 0 aliphatic carbocycles. The summed E-state index contributed by atoms with van der Waals surface area (Å²) in [6.07, 6.45) is 4.99. The molecule has 1 aliphatic heterocycles. The van der Waals surface area contributed by atoms with E-state index in [2.05, 4.69) is 65.3 Å². The molecule has 4 aromatic rings. The van der Waals surface area contributed by atoms with Crippen LogP contribution in [-0.2, 0) is 4.74 Å². The van der Waals surface area contributed by atoms with Gasteiger partial charge in [0.1, 0.15) is 5.75 Å². The fraction of sp³-hybridized carbons (Fsp3) is 0.400. The van der Waals surface area contributed by atoms with Gasteiger partial charge in [0.15, 0.2) is 0 Å². The minimum atomic E-state index is 0.177. The number of likely N-dealkylation sites (tertiary alicyclic amines) is 1. The van der Waals surface area contributed by atoms with E-state index in [9.17, 15) is 0 Å². The molecule has 3 aromatic carbocycles. The van der Waals surface area contributed by atoms with E-state index in [1.165, 1.54) is 24.6 Å². The Hall–Kier alpha value is -3.38. The first-order valence-electron chi connectivity index (χ1n) is 13.2. The summed E-state index contributed by atoms with van der Waals surface area (Å²) >= 11 is 0. The Morgan fingerprint density at radius 2 is 1.83 bits per heavy atom. The zero-order chi connectivity index (χ0) is 25.1. The first-order chi connectivity index (χ1) is 17.5. The van der Waals surface area contributed by atoms with Crippen LogP contribution in [0.25, 0.3) is 32.9 Å². The van der Waals surface area contributed by atoms with Gasteiger partial charge in [0.2, 0.25) is 5.90 Å². The number of nitrogens with one attached hydrogen (secondary N) is 2. The third kappa shape index (κ3) is 5.09. The minimum absolute atomic E-state index is 0.177. The average Bonchev–Trinajstić information content (AvgIpc) is 3.31. The van der Waals surface area contributed by atoms with Crippen molar-refractivity contribution in [1.29, 1.82) is 5.41 Å². The van der Waals surface area contributed by atoms with Gasteiger partial charge in [0.05, 0.1) is 24.4 Å². The lowest BCUT2D eigenvalue weighted by Gasteiger charge is -2.39. The Kier molecular flexibility index (Phi) is 7.23. The molecular formula is C30H36N4O2. The topological polar surface area (TPSA) is 74.2 Å². The van der Waals surface area contributed by atoms with Gasteiger partial charge in [0.25, 0.3) is 0 Å². The fourth-order valence-corrected chi connectivity index (χ4v) is 5.42. The summed E-state index contributed by atoms with van der Waals surface area (Å²) in [6.45, 7) is 8.88. The molecule has 2 heterocycles. The molecule has 0 bridgehead atoms. The summed E-state index contributed by atoms with van der Waals surface area (Å²) in [6, 6.07) is 19.8. The van der Waals surface area contributed by atoms with E-state index in [1.54, 1.807) is 0 Å². The van der Waals surface area contributed by atoms with E-state index in [4.69, 9.17) is 14.9 Å². The molecule has 1 saturated heterocycles. The summed E-state index contributed by atoms with van der Waals surface area (Å²) < 4.78 is 11.5. The van der Waals surface area contributed by atoms with E-state index < -0.39 is 0 Å². The number of nitrogens with zero attached hydrogens (tertiary/aromatic N) is 2. The summed E-state index contributed by atoms with van der Waals surface area (Å²) in [5.41, 5.74) is 3.58. The summed E-state index contributed by atoms with van der Waals surface area (Å²) in [4.78, 5) is 2.63. The van der Waals surface area contributed by atoms with Crippen molar-refractivity contribution < 1.29 is 9.47 Å². The molecule has 36 heavy (non-hydrogen) atoms. The normalized spacial score (nSPS) is 18.5. The molecule has 5 rings (SSSR count). The van der Waals surface area contributed by atoms with Gasteiger partial charge in [-0.05, 0) is 87.2 Å². The molecule has 6 heteroatoms. The smallest absolute Gasteiger partial charge is 0.213 e. The highest BCUT2D eigenvalue weighted by atomic mass is 16.5. The third-order valence-corrected chi connectivity index (χ3v) is 7.40. The number of H-pyrrole nitrogens is 1. The zero-order valence-corrected chi connectivity index (χ0v) is 21.5. The number of fused-ring (bicyclic) bond motifs is 2. The molecule has 1 fully saturated rings. The van der Waals surface area contributed by atoms with Gasteiger partial charge in [0, 0.05) is 35.1 Å². The van der Waals surface area contributed by atoms with Crippen molar-refractivity contribution in [3.8, 4) is 17.0 Å². The largest absolute Gasteiger partial charge is 0.494 e. The maximum atomic E-state index is 8.14. The average molecular weight is 485 g/mol. The summed E-state index contributed by atoms with van der Waals surface area (Å²) in [5, 5.41) is 19.1. The Bertz CT molecular complexity index is 1350. The van der Waals surface area contributed by atoms with Crippen molar-refractivity contribution in [1.82, 2.24) is 15.1 Å².